The van der Waals surface area contributed by atoms with Crippen LogP contribution in [0.4, 0.5) is 4.79 Å². The first-order valence-corrected chi connectivity index (χ1v) is 8.40. The van der Waals surface area contributed by atoms with Gasteiger partial charge in [0.05, 0.1) is 12.6 Å². The van der Waals surface area contributed by atoms with Crippen molar-refractivity contribution in [3.63, 3.8) is 0 Å². The third-order valence-corrected chi connectivity index (χ3v) is 3.66. The predicted octanol–water partition coefficient (Wildman–Crippen LogP) is 0.549. The molecule has 1 aromatic carbocycles. The van der Waals surface area contributed by atoms with Crippen molar-refractivity contribution in [2.75, 3.05) is 12.7 Å². The van der Waals surface area contributed by atoms with Crippen molar-refractivity contribution < 1.29 is 29.0 Å². The number of aliphatic carboxylic acids is 1. The van der Waals surface area contributed by atoms with Gasteiger partial charge in [-0.2, -0.15) is 0 Å². The maximum Gasteiger partial charge on any atom is 0.327 e. The first-order valence-electron chi connectivity index (χ1n) is 6.61. The van der Waals surface area contributed by atoms with Crippen LogP contribution < -0.4 is 10.6 Å². The lowest BCUT2D eigenvalue weighted by Gasteiger charge is -2.19. The number of rotatable bonds is 8. The van der Waals surface area contributed by atoms with Gasteiger partial charge in [0.15, 0.2) is 0 Å². The Hall–Kier alpha value is -1.89. The summed E-state index contributed by atoms with van der Waals surface area (Å²) in [5, 5.41) is 13.3. The molecular formula is C13H19N2O6P. The molecule has 0 heterocycles. The Morgan fingerprint density at radius 2 is 1.82 bits per heavy atom. The van der Waals surface area contributed by atoms with Crippen LogP contribution in [0.15, 0.2) is 30.3 Å². The molecule has 0 aliphatic heterocycles. The van der Waals surface area contributed by atoms with E-state index >= 15 is 0 Å². The van der Waals surface area contributed by atoms with Crippen molar-refractivity contribution in [1.82, 2.24) is 10.6 Å². The van der Waals surface area contributed by atoms with Crippen LogP contribution in [-0.2, 0) is 15.8 Å². The summed E-state index contributed by atoms with van der Waals surface area (Å²) in [4.78, 5) is 40.2. The molecule has 0 fully saturated rings. The smallest absolute Gasteiger partial charge is 0.327 e. The Morgan fingerprint density at radius 1 is 1.18 bits per heavy atom. The highest BCUT2D eigenvalue weighted by molar-refractivity contribution is 7.51. The molecule has 5 N–H and O–H groups in total. The third-order valence-electron chi connectivity index (χ3n) is 2.74. The summed E-state index contributed by atoms with van der Waals surface area (Å²) in [6.07, 6.45) is -0.457. The summed E-state index contributed by atoms with van der Waals surface area (Å²) in [6, 6.07) is 7.55. The molecule has 0 aliphatic carbocycles. The number of amides is 2. The van der Waals surface area contributed by atoms with E-state index in [0.717, 1.165) is 5.56 Å². The zero-order chi connectivity index (χ0) is 16.6. The largest absolute Gasteiger partial charge is 0.481 e. The molecule has 0 saturated carbocycles. The van der Waals surface area contributed by atoms with Gasteiger partial charge in [0.25, 0.3) is 0 Å². The average Bonchev–Trinajstić information content (AvgIpc) is 2.37. The van der Waals surface area contributed by atoms with Crippen LogP contribution in [0, 0.1) is 0 Å². The van der Waals surface area contributed by atoms with Gasteiger partial charge >= 0.3 is 19.6 Å². The normalized spacial score (nSPS) is 12.5. The molecule has 1 aromatic rings. The Bertz CT molecular complexity index is 545. The van der Waals surface area contributed by atoms with Crippen LogP contribution in [0.25, 0.3) is 0 Å². The molecule has 9 heteroatoms. The molecule has 0 aliphatic rings. The van der Waals surface area contributed by atoms with Gasteiger partial charge in [-0.3, -0.25) is 9.36 Å². The van der Waals surface area contributed by atoms with Crippen molar-refractivity contribution in [3.8, 4) is 0 Å². The molecule has 8 nitrogen and oxygen atoms in total. The lowest BCUT2D eigenvalue weighted by atomic mass is 10.1. The second-order valence-corrected chi connectivity index (χ2v) is 6.47. The molecule has 0 bridgehead atoms. The molecule has 1 unspecified atom stereocenters. The van der Waals surface area contributed by atoms with Crippen LogP contribution >= 0.6 is 7.60 Å². The minimum absolute atomic E-state index is 0.0604. The maximum absolute atomic E-state index is 11.6. The lowest BCUT2D eigenvalue weighted by molar-refractivity contribution is -0.136. The van der Waals surface area contributed by atoms with Gasteiger partial charge < -0.3 is 25.5 Å². The third kappa shape index (κ3) is 8.41. The highest BCUT2D eigenvalue weighted by atomic mass is 31.2. The lowest BCUT2D eigenvalue weighted by Crippen LogP contribution is -2.45. The standard InChI is InChI=1S/C13H19N2O6P/c16-12(17)6-7-14-13(18)15-11(9-22(19,20)21)8-10-4-2-1-3-5-10/h1-5,11H,6-9H2,(H,16,17)(H2,14,15,18)(H2,19,20,21). The van der Waals surface area contributed by atoms with E-state index in [2.05, 4.69) is 10.6 Å². The highest BCUT2D eigenvalue weighted by Crippen LogP contribution is 2.35. The Labute approximate surface area is 127 Å². The Kier molecular flexibility index (Phi) is 7.04. The minimum atomic E-state index is -4.29. The van der Waals surface area contributed by atoms with E-state index in [4.69, 9.17) is 14.9 Å². The number of urea groups is 1. The molecule has 1 atom stereocenters. The summed E-state index contributed by atoms with van der Waals surface area (Å²) in [5.41, 5.74) is 0.826. The average molecular weight is 330 g/mol. The van der Waals surface area contributed by atoms with E-state index in [1.807, 2.05) is 6.07 Å². The predicted molar refractivity (Wildman–Crippen MR) is 79.6 cm³/mol. The number of nitrogens with one attached hydrogen (secondary N) is 2. The molecule has 0 aromatic heterocycles. The van der Waals surface area contributed by atoms with Gasteiger partial charge in [0.2, 0.25) is 0 Å². The van der Waals surface area contributed by atoms with E-state index < -0.39 is 31.8 Å². The van der Waals surface area contributed by atoms with Crippen LogP contribution in [0.2, 0.25) is 0 Å². The summed E-state index contributed by atoms with van der Waals surface area (Å²) in [7, 11) is -4.29. The minimum Gasteiger partial charge on any atom is -0.481 e. The van der Waals surface area contributed by atoms with Crippen LogP contribution in [0.3, 0.4) is 0 Å². The molecule has 0 spiro atoms. The monoisotopic (exact) mass is 330 g/mol. The molecule has 122 valence electrons. The first-order chi connectivity index (χ1) is 10.3. The molecule has 0 saturated heterocycles. The molecule has 22 heavy (non-hydrogen) atoms. The van der Waals surface area contributed by atoms with Crippen molar-refractivity contribution in [2.45, 2.75) is 18.9 Å². The first kappa shape index (κ1) is 18.2. The quantitative estimate of drug-likeness (QED) is 0.442. The fraction of sp³-hybridized carbons (Fsp3) is 0.385. The van der Waals surface area contributed by atoms with Crippen molar-refractivity contribution in [3.05, 3.63) is 35.9 Å². The number of hydrogen-bond donors (Lipinski definition) is 5. The maximum atomic E-state index is 11.6. The van der Waals surface area contributed by atoms with Crippen molar-refractivity contribution in [2.24, 2.45) is 0 Å². The zero-order valence-corrected chi connectivity index (χ0v) is 12.7. The van der Waals surface area contributed by atoms with Crippen LogP contribution in [-0.4, -0.2) is 45.6 Å². The van der Waals surface area contributed by atoms with Gasteiger partial charge in [-0.05, 0) is 12.0 Å². The SMILES string of the molecule is O=C(O)CCNC(=O)NC(Cc1ccccc1)CP(=O)(O)O. The van der Waals surface area contributed by atoms with Gasteiger partial charge in [-0.1, -0.05) is 30.3 Å². The second kappa shape index (κ2) is 8.53. The number of carboxylic acid groups (broad SMARTS) is 1. The van der Waals surface area contributed by atoms with E-state index in [9.17, 15) is 14.2 Å². The number of benzene rings is 1. The summed E-state index contributed by atoms with van der Waals surface area (Å²) < 4.78 is 11.2. The fourth-order valence-electron chi connectivity index (χ4n) is 1.87. The second-order valence-electron chi connectivity index (χ2n) is 4.78. The summed E-state index contributed by atoms with van der Waals surface area (Å²) in [6.45, 7) is -0.0604. The summed E-state index contributed by atoms with van der Waals surface area (Å²) in [5.74, 6) is -1.05. The van der Waals surface area contributed by atoms with E-state index in [1.165, 1.54) is 0 Å². The summed E-state index contributed by atoms with van der Waals surface area (Å²) >= 11 is 0. The van der Waals surface area contributed by atoms with E-state index in [-0.39, 0.29) is 19.4 Å². The van der Waals surface area contributed by atoms with Crippen molar-refractivity contribution in [1.29, 1.82) is 0 Å². The number of carbonyl (C=O) groups is 2. The van der Waals surface area contributed by atoms with Crippen LogP contribution in [0.1, 0.15) is 12.0 Å². The van der Waals surface area contributed by atoms with Gasteiger partial charge in [0, 0.05) is 12.6 Å². The Morgan fingerprint density at radius 3 is 2.36 bits per heavy atom. The fourth-order valence-corrected chi connectivity index (χ4v) is 2.66. The molecule has 1 rings (SSSR count). The number of carbonyl (C=O) groups excluding carboxylic acids is 1. The van der Waals surface area contributed by atoms with Crippen molar-refractivity contribution >= 4 is 19.6 Å². The highest BCUT2D eigenvalue weighted by Gasteiger charge is 2.23. The molecular weight excluding hydrogens is 311 g/mol. The van der Waals surface area contributed by atoms with E-state index in [0.29, 0.717) is 0 Å². The number of carboxylic acids is 1. The molecule has 0 radical (unpaired) electrons. The van der Waals surface area contributed by atoms with E-state index in [1.54, 1.807) is 24.3 Å². The number of hydrogen-bond acceptors (Lipinski definition) is 3. The van der Waals surface area contributed by atoms with Gasteiger partial charge in [-0.15, -0.1) is 0 Å². The van der Waals surface area contributed by atoms with Gasteiger partial charge in [-0.25, -0.2) is 4.79 Å². The molecule has 2 amide bonds. The topological polar surface area (TPSA) is 136 Å². The Balaban J connectivity index is 2.60. The zero-order valence-electron chi connectivity index (χ0n) is 11.8. The van der Waals surface area contributed by atoms with Gasteiger partial charge in [0.1, 0.15) is 0 Å². The van der Waals surface area contributed by atoms with Crippen LogP contribution in [0.5, 0.6) is 0 Å².